The summed E-state index contributed by atoms with van der Waals surface area (Å²) in [5.74, 6) is 0. The summed E-state index contributed by atoms with van der Waals surface area (Å²) in [6.45, 7) is 3.96. The van der Waals surface area contributed by atoms with Gasteiger partial charge in [0.1, 0.15) is 0 Å². The third-order valence-corrected chi connectivity index (χ3v) is 1.90. The summed E-state index contributed by atoms with van der Waals surface area (Å²) in [4.78, 5) is 0. The van der Waals surface area contributed by atoms with E-state index >= 15 is 0 Å². The van der Waals surface area contributed by atoms with Crippen molar-refractivity contribution in [1.82, 2.24) is 0 Å². The molecule has 0 aromatic heterocycles. The average Bonchev–Trinajstić information content (AvgIpc) is 2.17. The van der Waals surface area contributed by atoms with Crippen LogP contribution in [-0.4, -0.2) is 11.4 Å². The molecule has 1 N–H and O–H groups in total. The van der Waals surface area contributed by atoms with Gasteiger partial charge in [-0.25, -0.2) is 0 Å². The Morgan fingerprint density at radius 1 is 1.21 bits per heavy atom. The highest BCUT2D eigenvalue weighted by atomic mass is 16.4. The van der Waals surface area contributed by atoms with Crippen LogP contribution >= 0.6 is 0 Å². The largest absolute Gasteiger partial charge is 0.411 e. The zero-order valence-corrected chi connectivity index (χ0v) is 8.51. The van der Waals surface area contributed by atoms with Gasteiger partial charge in [-0.05, 0) is 5.56 Å². The molecule has 74 valence electrons. The first kappa shape index (κ1) is 10.5. The van der Waals surface area contributed by atoms with Crippen molar-refractivity contribution >= 4 is 12.3 Å². The van der Waals surface area contributed by atoms with Gasteiger partial charge < -0.3 is 5.21 Å². The molecule has 0 aliphatic carbocycles. The number of hydrogen-bond donors (Lipinski definition) is 1. The zero-order valence-electron chi connectivity index (χ0n) is 8.51. The van der Waals surface area contributed by atoms with Crippen LogP contribution in [0.1, 0.15) is 19.4 Å². The smallest absolute Gasteiger partial charge is 0.0530 e. The Kier molecular flexibility index (Phi) is 3.46. The Morgan fingerprint density at radius 2 is 1.86 bits per heavy atom. The molecule has 2 nitrogen and oxygen atoms in total. The van der Waals surface area contributed by atoms with E-state index in [9.17, 15) is 0 Å². The molecule has 0 amide bonds. The molecule has 0 spiro atoms. The first-order valence-electron chi connectivity index (χ1n) is 4.57. The second-order valence-electron chi connectivity index (χ2n) is 3.81. The van der Waals surface area contributed by atoms with Crippen LogP contribution in [0.5, 0.6) is 0 Å². The molecule has 2 heteroatoms. The summed E-state index contributed by atoms with van der Waals surface area (Å²) in [6.07, 6.45) is 5.52. The molecule has 14 heavy (non-hydrogen) atoms. The van der Waals surface area contributed by atoms with Gasteiger partial charge in [0, 0.05) is 5.41 Å². The molecular weight excluding hydrogens is 174 g/mol. The van der Waals surface area contributed by atoms with E-state index in [0.29, 0.717) is 0 Å². The van der Waals surface area contributed by atoms with Crippen molar-refractivity contribution in [2.75, 3.05) is 0 Å². The summed E-state index contributed by atoms with van der Waals surface area (Å²) in [7, 11) is 0. The zero-order chi connectivity index (χ0) is 10.4. The second-order valence-corrected chi connectivity index (χ2v) is 3.81. The molecule has 0 aliphatic heterocycles. The van der Waals surface area contributed by atoms with Crippen LogP contribution in [0.2, 0.25) is 0 Å². The number of nitrogens with zero attached hydrogens (tertiary/aromatic N) is 1. The van der Waals surface area contributed by atoms with E-state index in [-0.39, 0.29) is 5.41 Å². The highest BCUT2D eigenvalue weighted by Crippen LogP contribution is 2.15. The molecule has 0 atom stereocenters. The standard InChI is InChI=1S/C12H15NO/c1-12(2,10-13-14)9-8-11-6-4-3-5-7-11/h3-10,14H,1-2H3/b9-8+,13-10+. The van der Waals surface area contributed by atoms with Gasteiger partial charge in [0.25, 0.3) is 0 Å². The Balaban J connectivity index is 2.74. The van der Waals surface area contributed by atoms with Crippen LogP contribution in [0.4, 0.5) is 0 Å². The van der Waals surface area contributed by atoms with Crippen molar-refractivity contribution < 1.29 is 5.21 Å². The predicted molar refractivity (Wildman–Crippen MR) is 59.5 cm³/mol. The first-order chi connectivity index (χ1) is 6.64. The van der Waals surface area contributed by atoms with Crippen LogP contribution in [-0.2, 0) is 0 Å². The van der Waals surface area contributed by atoms with E-state index in [4.69, 9.17) is 5.21 Å². The third-order valence-electron chi connectivity index (χ3n) is 1.90. The maximum atomic E-state index is 8.43. The number of oxime groups is 1. The van der Waals surface area contributed by atoms with Crippen molar-refractivity contribution in [1.29, 1.82) is 0 Å². The van der Waals surface area contributed by atoms with E-state index in [2.05, 4.69) is 5.16 Å². The summed E-state index contributed by atoms with van der Waals surface area (Å²) in [6, 6.07) is 10.0. The molecule has 1 rings (SSSR count). The summed E-state index contributed by atoms with van der Waals surface area (Å²) in [5, 5.41) is 11.5. The lowest BCUT2D eigenvalue weighted by atomic mass is 9.94. The van der Waals surface area contributed by atoms with Crippen molar-refractivity contribution in [2.24, 2.45) is 10.6 Å². The van der Waals surface area contributed by atoms with Gasteiger partial charge in [-0.2, -0.15) is 0 Å². The molecule has 0 saturated heterocycles. The maximum Gasteiger partial charge on any atom is 0.0530 e. The molecule has 1 aromatic rings. The Morgan fingerprint density at radius 3 is 2.43 bits per heavy atom. The van der Waals surface area contributed by atoms with Crippen molar-refractivity contribution in [3.8, 4) is 0 Å². The fourth-order valence-corrected chi connectivity index (χ4v) is 1.07. The van der Waals surface area contributed by atoms with Crippen LogP contribution in [0.3, 0.4) is 0 Å². The molecular formula is C12H15NO. The molecule has 0 radical (unpaired) electrons. The number of rotatable bonds is 3. The highest BCUT2D eigenvalue weighted by molar-refractivity contribution is 5.69. The van der Waals surface area contributed by atoms with Gasteiger partial charge >= 0.3 is 0 Å². The van der Waals surface area contributed by atoms with Crippen LogP contribution < -0.4 is 0 Å². The number of allylic oxidation sites excluding steroid dienone is 1. The Bertz CT molecular complexity index is 325. The number of benzene rings is 1. The fourth-order valence-electron chi connectivity index (χ4n) is 1.07. The molecule has 0 aliphatic rings. The molecule has 0 heterocycles. The van der Waals surface area contributed by atoms with Crippen LogP contribution in [0.25, 0.3) is 6.08 Å². The van der Waals surface area contributed by atoms with Gasteiger partial charge in [-0.1, -0.05) is 56.3 Å². The van der Waals surface area contributed by atoms with E-state index in [1.165, 1.54) is 6.21 Å². The third kappa shape index (κ3) is 3.44. The molecule has 0 fully saturated rings. The van der Waals surface area contributed by atoms with E-state index in [0.717, 1.165) is 5.56 Å². The van der Waals surface area contributed by atoms with Crippen molar-refractivity contribution in [3.63, 3.8) is 0 Å². The Labute approximate surface area is 84.6 Å². The molecule has 0 bridgehead atoms. The number of hydrogen-bond acceptors (Lipinski definition) is 2. The molecule has 0 unspecified atom stereocenters. The quantitative estimate of drug-likeness (QED) is 0.442. The van der Waals surface area contributed by atoms with Gasteiger partial charge in [0.2, 0.25) is 0 Å². The van der Waals surface area contributed by atoms with E-state index in [1.807, 2.05) is 56.3 Å². The lowest BCUT2D eigenvalue weighted by molar-refractivity contribution is 0.317. The minimum absolute atomic E-state index is 0.218. The monoisotopic (exact) mass is 189 g/mol. The Hall–Kier alpha value is -1.57. The van der Waals surface area contributed by atoms with Gasteiger partial charge in [-0.3, -0.25) is 0 Å². The molecule has 1 aromatic carbocycles. The lowest BCUT2D eigenvalue weighted by Crippen LogP contribution is -2.08. The average molecular weight is 189 g/mol. The van der Waals surface area contributed by atoms with Gasteiger partial charge in [0.15, 0.2) is 0 Å². The minimum Gasteiger partial charge on any atom is -0.411 e. The molecule has 0 saturated carbocycles. The summed E-state index contributed by atoms with van der Waals surface area (Å²) >= 11 is 0. The predicted octanol–water partition coefficient (Wildman–Crippen LogP) is 3.19. The maximum absolute atomic E-state index is 8.43. The topological polar surface area (TPSA) is 32.6 Å². The highest BCUT2D eigenvalue weighted by Gasteiger charge is 2.09. The van der Waals surface area contributed by atoms with Crippen LogP contribution in [0.15, 0.2) is 41.6 Å². The second kappa shape index (κ2) is 4.61. The van der Waals surface area contributed by atoms with Crippen LogP contribution in [0, 0.1) is 5.41 Å². The van der Waals surface area contributed by atoms with Gasteiger partial charge in [-0.15, -0.1) is 5.16 Å². The van der Waals surface area contributed by atoms with Crippen molar-refractivity contribution in [2.45, 2.75) is 13.8 Å². The van der Waals surface area contributed by atoms with E-state index in [1.54, 1.807) is 0 Å². The lowest BCUT2D eigenvalue weighted by Gasteiger charge is -2.11. The summed E-state index contributed by atoms with van der Waals surface area (Å²) < 4.78 is 0. The minimum atomic E-state index is -0.218. The normalized spacial score (nSPS) is 12.7. The summed E-state index contributed by atoms with van der Waals surface area (Å²) in [5.41, 5.74) is 0.928. The van der Waals surface area contributed by atoms with E-state index < -0.39 is 0 Å². The SMILES string of the molecule is CC(C)(/C=C/c1ccccc1)/C=N/O. The fraction of sp³-hybridized carbons (Fsp3) is 0.250. The first-order valence-corrected chi connectivity index (χ1v) is 4.57. The van der Waals surface area contributed by atoms with Gasteiger partial charge in [0.05, 0.1) is 6.21 Å². The van der Waals surface area contributed by atoms with Crippen molar-refractivity contribution in [3.05, 3.63) is 42.0 Å².